The van der Waals surface area contributed by atoms with Gasteiger partial charge in [-0.3, -0.25) is 10.1 Å². The zero-order valence-corrected chi connectivity index (χ0v) is 14.2. The van der Waals surface area contributed by atoms with Gasteiger partial charge in [0.1, 0.15) is 5.75 Å². The monoisotopic (exact) mass is 324 g/mol. The van der Waals surface area contributed by atoms with Crippen LogP contribution < -0.4 is 15.4 Å². The molecule has 1 saturated carbocycles. The molecule has 4 nitrogen and oxygen atoms in total. The van der Waals surface area contributed by atoms with Gasteiger partial charge in [-0.2, -0.15) is 0 Å². The molecule has 2 N–H and O–H groups in total. The molecule has 0 saturated heterocycles. The van der Waals surface area contributed by atoms with E-state index in [2.05, 4.69) is 34.9 Å². The first-order valence-corrected chi connectivity index (χ1v) is 8.43. The van der Waals surface area contributed by atoms with E-state index < -0.39 is 0 Å². The summed E-state index contributed by atoms with van der Waals surface area (Å²) in [5, 5.41) is 6.45. The Morgan fingerprint density at radius 3 is 2.33 bits per heavy atom. The highest BCUT2D eigenvalue weighted by molar-refractivity contribution is 5.94. The van der Waals surface area contributed by atoms with Crippen LogP contribution in [0.1, 0.15) is 31.4 Å². The first-order chi connectivity index (χ1) is 11.7. The summed E-state index contributed by atoms with van der Waals surface area (Å²) in [6, 6.07) is 17.7. The molecule has 2 atom stereocenters. The molecule has 3 rings (SSSR count). The van der Waals surface area contributed by atoms with Crippen molar-refractivity contribution in [3.63, 3.8) is 0 Å². The minimum Gasteiger partial charge on any atom is -0.497 e. The van der Waals surface area contributed by atoms with Crippen LogP contribution in [0.3, 0.4) is 0 Å². The number of benzene rings is 2. The van der Waals surface area contributed by atoms with E-state index in [1.54, 1.807) is 7.11 Å². The smallest absolute Gasteiger partial charge is 0.241 e. The Balaban J connectivity index is 1.62. The van der Waals surface area contributed by atoms with E-state index in [-0.39, 0.29) is 18.0 Å². The lowest BCUT2D eigenvalue weighted by molar-refractivity contribution is -0.118. The minimum atomic E-state index is -0.266. The molecule has 1 aliphatic carbocycles. The van der Waals surface area contributed by atoms with Crippen LogP contribution in [0.15, 0.2) is 54.6 Å². The average Bonchev–Trinajstić information content (AvgIpc) is 3.45. The highest BCUT2D eigenvalue weighted by atomic mass is 16.5. The molecule has 126 valence electrons. The zero-order chi connectivity index (χ0) is 16.9. The molecule has 0 heterocycles. The Hall–Kier alpha value is -2.33. The number of hydrogen-bond acceptors (Lipinski definition) is 3. The van der Waals surface area contributed by atoms with Crippen LogP contribution in [0.2, 0.25) is 0 Å². The number of nitrogens with one attached hydrogen (secondary N) is 2. The van der Waals surface area contributed by atoms with Gasteiger partial charge in [0.25, 0.3) is 0 Å². The number of rotatable bonds is 7. The lowest BCUT2D eigenvalue weighted by Crippen LogP contribution is -2.40. The summed E-state index contributed by atoms with van der Waals surface area (Å²) in [7, 11) is 1.63. The highest BCUT2D eigenvalue weighted by Gasteiger charge is 2.33. The number of carbonyl (C=O) groups excluding carboxylic acids is 1. The fourth-order valence-electron chi connectivity index (χ4n) is 2.86. The Labute approximate surface area is 143 Å². The molecule has 0 aliphatic heterocycles. The number of amides is 1. The van der Waals surface area contributed by atoms with Crippen molar-refractivity contribution in [1.29, 1.82) is 0 Å². The summed E-state index contributed by atoms with van der Waals surface area (Å²) in [6.45, 7) is 1.91. The van der Waals surface area contributed by atoms with Crippen LogP contribution in [0.4, 0.5) is 5.69 Å². The van der Waals surface area contributed by atoms with Crippen LogP contribution >= 0.6 is 0 Å². The maximum absolute atomic E-state index is 12.5. The number of anilines is 1. The van der Waals surface area contributed by atoms with Crippen LogP contribution in [0.25, 0.3) is 0 Å². The standard InChI is InChI=1S/C20H24N2O2/c1-14(20(23)22-17-10-12-18(24-2)13-11-17)21-19(16-8-9-16)15-6-4-3-5-7-15/h3-7,10-14,16,19,21H,8-9H2,1-2H3,(H,22,23)/t14-,19-/m1/s1. The van der Waals surface area contributed by atoms with Gasteiger partial charge in [0.15, 0.2) is 0 Å². The number of methoxy groups -OCH3 is 1. The summed E-state index contributed by atoms with van der Waals surface area (Å²) >= 11 is 0. The molecule has 0 radical (unpaired) electrons. The van der Waals surface area contributed by atoms with Gasteiger partial charge in [-0.1, -0.05) is 30.3 Å². The van der Waals surface area contributed by atoms with Crippen molar-refractivity contribution in [3.8, 4) is 5.75 Å². The zero-order valence-electron chi connectivity index (χ0n) is 14.2. The lowest BCUT2D eigenvalue weighted by Gasteiger charge is -2.23. The van der Waals surface area contributed by atoms with E-state index in [0.29, 0.717) is 5.92 Å². The Morgan fingerprint density at radius 1 is 1.08 bits per heavy atom. The van der Waals surface area contributed by atoms with Gasteiger partial charge in [-0.15, -0.1) is 0 Å². The molecule has 0 bridgehead atoms. The van der Waals surface area contributed by atoms with Crippen molar-refractivity contribution in [1.82, 2.24) is 5.32 Å². The maximum atomic E-state index is 12.5. The summed E-state index contributed by atoms with van der Waals surface area (Å²) in [5.74, 6) is 1.38. The molecule has 2 aromatic rings. The number of carbonyl (C=O) groups is 1. The first kappa shape index (κ1) is 16.5. The Bertz CT molecular complexity index is 666. The van der Waals surface area contributed by atoms with Crippen molar-refractivity contribution < 1.29 is 9.53 Å². The molecule has 0 spiro atoms. The quantitative estimate of drug-likeness (QED) is 0.815. The summed E-state index contributed by atoms with van der Waals surface area (Å²) in [6.07, 6.45) is 2.44. The van der Waals surface area contributed by atoms with Crippen molar-refractivity contribution in [2.45, 2.75) is 31.8 Å². The number of ether oxygens (including phenoxy) is 1. The molecule has 1 aliphatic rings. The predicted octanol–water partition coefficient (Wildman–Crippen LogP) is 3.76. The van der Waals surface area contributed by atoms with Gasteiger partial charge >= 0.3 is 0 Å². The van der Waals surface area contributed by atoms with E-state index in [9.17, 15) is 4.79 Å². The minimum absolute atomic E-state index is 0.0262. The summed E-state index contributed by atoms with van der Waals surface area (Å²) in [4.78, 5) is 12.5. The van der Waals surface area contributed by atoms with Crippen LogP contribution in [0, 0.1) is 5.92 Å². The van der Waals surface area contributed by atoms with Gasteiger partial charge in [0.2, 0.25) is 5.91 Å². The summed E-state index contributed by atoms with van der Waals surface area (Å²) < 4.78 is 5.13. The Morgan fingerprint density at radius 2 is 1.75 bits per heavy atom. The van der Waals surface area contributed by atoms with Crippen LogP contribution in [-0.2, 0) is 4.79 Å². The van der Waals surface area contributed by atoms with E-state index in [4.69, 9.17) is 4.74 Å². The third-order valence-corrected chi connectivity index (χ3v) is 4.43. The molecular weight excluding hydrogens is 300 g/mol. The lowest BCUT2D eigenvalue weighted by atomic mass is 10.0. The third-order valence-electron chi connectivity index (χ3n) is 4.43. The van der Waals surface area contributed by atoms with E-state index >= 15 is 0 Å². The molecule has 0 unspecified atom stereocenters. The third kappa shape index (κ3) is 4.15. The van der Waals surface area contributed by atoms with Crippen molar-refractivity contribution >= 4 is 11.6 Å². The van der Waals surface area contributed by atoms with Crippen LogP contribution in [0.5, 0.6) is 5.75 Å². The maximum Gasteiger partial charge on any atom is 0.241 e. The SMILES string of the molecule is COc1ccc(NC(=O)[C@@H](C)N[C@H](c2ccccc2)C2CC2)cc1. The average molecular weight is 324 g/mol. The van der Waals surface area contributed by atoms with Crippen LogP contribution in [-0.4, -0.2) is 19.1 Å². The highest BCUT2D eigenvalue weighted by Crippen LogP contribution is 2.41. The molecule has 24 heavy (non-hydrogen) atoms. The normalized spacial score (nSPS) is 16.2. The predicted molar refractivity (Wildman–Crippen MR) is 96.1 cm³/mol. The molecular formula is C20H24N2O2. The first-order valence-electron chi connectivity index (χ1n) is 8.43. The molecule has 0 aromatic heterocycles. The molecule has 4 heteroatoms. The van der Waals surface area contributed by atoms with E-state index in [0.717, 1.165) is 11.4 Å². The van der Waals surface area contributed by atoms with Crippen molar-refractivity contribution in [2.24, 2.45) is 5.92 Å². The second-order valence-electron chi connectivity index (χ2n) is 6.33. The topological polar surface area (TPSA) is 50.4 Å². The number of hydrogen-bond donors (Lipinski definition) is 2. The van der Waals surface area contributed by atoms with E-state index in [1.807, 2.05) is 37.3 Å². The van der Waals surface area contributed by atoms with Gasteiger partial charge in [0.05, 0.1) is 13.2 Å². The van der Waals surface area contributed by atoms with Gasteiger partial charge < -0.3 is 10.1 Å². The fourth-order valence-corrected chi connectivity index (χ4v) is 2.86. The molecule has 2 aromatic carbocycles. The van der Waals surface area contributed by atoms with Gasteiger partial charge in [0, 0.05) is 11.7 Å². The van der Waals surface area contributed by atoms with Crippen molar-refractivity contribution in [3.05, 3.63) is 60.2 Å². The van der Waals surface area contributed by atoms with Gasteiger partial charge in [-0.25, -0.2) is 0 Å². The van der Waals surface area contributed by atoms with E-state index in [1.165, 1.54) is 18.4 Å². The van der Waals surface area contributed by atoms with Crippen molar-refractivity contribution in [2.75, 3.05) is 12.4 Å². The molecule has 1 fully saturated rings. The summed E-state index contributed by atoms with van der Waals surface area (Å²) in [5.41, 5.74) is 2.03. The van der Waals surface area contributed by atoms with Gasteiger partial charge in [-0.05, 0) is 55.5 Å². The fraction of sp³-hybridized carbons (Fsp3) is 0.350. The second-order valence-corrected chi connectivity index (χ2v) is 6.33. The molecule has 1 amide bonds. The Kier molecular flexibility index (Phi) is 5.16. The second kappa shape index (κ2) is 7.49. The largest absolute Gasteiger partial charge is 0.497 e.